The molecule has 1 amide bonds. The molecule has 1 aromatic heterocycles. The molecule has 0 aliphatic rings. The van der Waals surface area contributed by atoms with E-state index in [1.165, 1.54) is 0 Å². The lowest BCUT2D eigenvalue weighted by molar-refractivity contribution is 0.0999. The number of rotatable bonds is 3. The van der Waals surface area contributed by atoms with Crippen LogP contribution in [0.15, 0.2) is 30.3 Å². The Bertz CT molecular complexity index is 615. The molecule has 0 saturated carbocycles. The number of carbonyl (C=O) groups is 1. The van der Waals surface area contributed by atoms with Crippen LogP contribution in [0.3, 0.4) is 0 Å². The smallest absolute Gasteiger partial charge is 0.252 e. The Morgan fingerprint density at radius 3 is 2.32 bits per heavy atom. The van der Waals surface area contributed by atoms with E-state index in [1.807, 2.05) is 37.3 Å². The van der Waals surface area contributed by atoms with Crippen LogP contribution in [0.5, 0.6) is 0 Å². The fourth-order valence-corrected chi connectivity index (χ4v) is 2.89. The molecule has 1 aromatic carbocycles. The molecule has 0 bridgehead atoms. The van der Waals surface area contributed by atoms with Crippen molar-refractivity contribution in [3.8, 4) is 11.3 Å². The van der Waals surface area contributed by atoms with Gasteiger partial charge in [0.1, 0.15) is 0 Å². The third-order valence-electron chi connectivity index (χ3n) is 3.20. The van der Waals surface area contributed by atoms with Crippen LogP contribution in [0.1, 0.15) is 35.9 Å². The minimum Gasteiger partial charge on any atom is -0.365 e. The molecule has 0 spiro atoms. The molecule has 2 aromatic rings. The summed E-state index contributed by atoms with van der Waals surface area (Å²) in [7, 11) is 0. The molecule has 2 N–H and O–H groups in total. The van der Waals surface area contributed by atoms with Gasteiger partial charge in [-0.3, -0.25) is 4.79 Å². The first kappa shape index (κ1) is 13.7. The Labute approximate surface area is 118 Å². The number of nitrogens with two attached hydrogens (primary N) is 1. The van der Waals surface area contributed by atoms with Crippen LogP contribution in [0.25, 0.3) is 11.3 Å². The number of benzene rings is 1. The van der Waals surface area contributed by atoms with E-state index in [0.29, 0.717) is 10.6 Å². The van der Waals surface area contributed by atoms with Crippen molar-refractivity contribution in [2.75, 3.05) is 0 Å². The number of halogens is 1. The van der Waals surface area contributed by atoms with Gasteiger partial charge in [-0.15, -0.1) is 0 Å². The van der Waals surface area contributed by atoms with Gasteiger partial charge in [0, 0.05) is 11.7 Å². The maximum atomic E-state index is 11.6. The summed E-state index contributed by atoms with van der Waals surface area (Å²) in [4.78, 5) is 11.6. The van der Waals surface area contributed by atoms with E-state index < -0.39 is 5.91 Å². The van der Waals surface area contributed by atoms with Crippen LogP contribution >= 0.6 is 11.6 Å². The van der Waals surface area contributed by atoms with Crippen molar-refractivity contribution < 1.29 is 4.79 Å². The first-order valence-corrected chi connectivity index (χ1v) is 6.58. The van der Waals surface area contributed by atoms with E-state index in [9.17, 15) is 4.79 Å². The normalized spacial score (nSPS) is 11.0. The molecule has 0 saturated heterocycles. The Balaban J connectivity index is 2.80. The standard InChI is InChI=1S/C15H17ClN2O/c1-9(2)18-10(3)12(15(17)19)13(16)14(18)11-7-5-4-6-8-11/h4-9H,1-3H3,(H2,17,19). The summed E-state index contributed by atoms with van der Waals surface area (Å²) < 4.78 is 2.05. The second-order valence-corrected chi connectivity index (χ2v) is 5.19. The molecular weight excluding hydrogens is 260 g/mol. The number of primary amides is 1. The third-order valence-corrected chi connectivity index (χ3v) is 3.57. The fraction of sp³-hybridized carbons (Fsp3) is 0.267. The molecule has 0 unspecified atom stereocenters. The van der Waals surface area contributed by atoms with Gasteiger partial charge in [0.05, 0.1) is 16.3 Å². The Hall–Kier alpha value is -1.74. The zero-order valence-corrected chi connectivity index (χ0v) is 12.0. The molecule has 3 nitrogen and oxygen atoms in total. The minimum absolute atomic E-state index is 0.195. The quantitative estimate of drug-likeness (QED) is 0.911. The van der Waals surface area contributed by atoms with Gasteiger partial charge in [-0.05, 0) is 26.3 Å². The zero-order valence-electron chi connectivity index (χ0n) is 11.3. The highest BCUT2D eigenvalue weighted by atomic mass is 35.5. The molecule has 1 heterocycles. The van der Waals surface area contributed by atoms with Gasteiger partial charge in [0.25, 0.3) is 5.91 Å². The molecule has 0 aliphatic carbocycles. The van der Waals surface area contributed by atoms with Crippen LogP contribution in [0.4, 0.5) is 0 Å². The first-order valence-electron chi connectivity index (χ1n) is 6.20. The average Bonchev–Trinajstić information content (AvgIpc) is 2.61. The third kappa shape index (κ3) is 2.26. The van der Waals surface area contributed by atoms with Gasteiger partial charge < -0.3 is 10.3 Å². The highest BCUT2D eigenvalue weighted by Gasteiger charge is 2.24. The average molecular weight is 277 g/mol. The summed E-state index contributed by atoms with van der Waals surface area (Å²) in [5, 5.41) is 0.435. The lowest BCUT2D eigenvalue weighted by Gasteiger charge is -2.16. The van der Waals surface area contributed by atoms with Crippen LogP contribution in [-0.4, -0.2) is 10.5 Å². The molecule has 100 valence electrons. The van der Waals surface area contributed by atoms with Gasteiger partial charge in [-0.2, -0.15) is 0 Å². The van der Waals surface area contributed by atoms with Crippen LogP contribution < -0.4 is 5.73 Å². The van der Waals surface area contributed by atoms with Gasteiger partial charge in [0.2, 0.25) is 0 Å². The van der Waals surface area contributed by atoms with Crippen molar-refractivity contribution in [2.24, 2.45) is 5.73 Å². The van der Waals surface area contributed by atoms with Crippen molar-refractivity contribution in [3.63, 3.8) is 0 Å². The highest BCUT2D eigenvalue weighted by molar-refractivity contribution is 6.36. The maximum absolute atomic E-state index is 11.6. The summed E-state index contributed by atoms with van der Waals surface area (Å²) in [5.41, 5.74) is 8.50. The van der Waals surface area contributed by atoms with E-state index in [0.717, 1.165) is 17.0 Å². The van der Waals surface area contributed by atoms with Gasteiger partial charge >= 0.3 is 0 Å². The number of amides is 1. The van der Waals surface area contributed by atoms with E-state index in [-0.39, 0.29) is 6.04 Å². The fourth-order valence-electron chi connectivity index (χ4n) is 2.46. The van der Waals surface area contributed by atoms with Crippen LogP contribution in [0.2, 0.25) is 5.02 Å². The molecule has 0 aliphatic heterocycles. The van der Waals surface area contributed by atoms with Crippen molar-refractivity contribution in [1.82, 2.24) is 4.57 Å². The summed E-state index contributed by atoms with van der Waals surface area (Å²) >= 11 is 6.39. The Kier molecular flexibility index (Phi) is 3.67. The minimum atomic E-state index is -0.487. The highest BCUT2D eigenvalue weighted by Crippen LogP contribution is 2.37. The van der Waals surface area contributed by atoms with E-state index in [4.69, 9.17) is 17.3 Å². The van der Waals surface area contributed by atoms with Crippen molar-refractivity contribution in [2.45, 2.75) is 26.8 Å². The lowest BCUT2D eigenvalue weighted by Crippen LogP contribution is -2.13. The second-order valence-electron chi connectivity index (χ2n) is 4.82. The van der Waals surface area contributed by atoms with Crippen LogP contribution in [0, 0.1) is 6.92 Å². The Morgan fingerprint density at radius 1 is 1.26 bits per heavy atom. The van der Waals surface area contributed by atoms with Crippen molar-refractivity contribution >= 4 is 17.5 Å². The summed E-state index contributed by atoms with van der Waals surface area (Å²) in [6.07, 6.45) is 0. The molecule has 2 rings (SSSR count). The van der Waals surface area contributed by atoms with Crippen molar-refractivity contribution in [3.05, 3.63) is 46.6 Å². The van der Waals surface area contributed by atoms with E-state index >= 15 is 0 Å². The zero-order chi connectivity index (χ0) is 14.2. The van der Waals surface area contributed by atoms with Crippen LogP contribution in [-0.2, 0) is 0 Å². The second kappa shape index (κ2) is 5.10. The number of hydrogen-bond donors (Lipinski definition) is 1. The number of nitrogens with zero attached hydrogens (tertiary/aromatic N) is 1. The monoisotopic (exact) mass is 276 g/mol. The SMILES string of the molecule is Cc1c(C(N)=O)c(Cl)c(-c2ccccc2)n1C(C)C. The predicted molar refractivity (Wildman–Crippen MR) is 78.5 cm³/mol. The molecular formula is C15H17ClN2O. The Morgan fingerprint density at radius 2 is 1.84 bits per heavy atom. The first-order chi connectivity index (χ1) is 8.95. The molecule has 0 radical (unpaired) electrons. The maximum Gasteiger partial charge on any atom is 0.252 e. The lowest BCUT2D eigenvalue weighted by atomic mass is 10.1. The largest absolute Gasteiger partial charge is 0.365 e. The number of hydrogen-bond acceptors (Lipinski definition) is 1. The predicted octanol–water partition coefficient (Wildman–Crippen LogP) is 3.80. The summed E-state index contributed by atoms with van der Waals surface area (Å²) in [5.74, 6) is -0.487. The van der Waals surface area contributed by atoms with E-state index in [2.05, 4.69) is 18.4 Å². The molecule has 0 atom stereocenters. The van der Waals surface area contributed by atoms with Gasteiger partial charge in [-0.25, -0.2) is 0 Å². The molecule has 4 heteroatoms. The number of carbonyl (C=O) groups excluding carboxylic acids is 1. The molecule has 19 heavy (non-hydrogen) atoms. The molecule has 0 fully saturated rings. The van der Waals surface area contributed by atoms with E-state index in [1.54, 1.807) is 0 Å². The van der Waals surface area contributed by atoms with Crippen molar-refractivity contribution in [1.29, 1.82) is 0 Å². The summed E-state index contributed by atoms with van der Waals surface area (Å²) in [6, 6.07) is 9.99. The summed E-state index contributed by atoms with van der Waals surface area (Å²) in [6.45, 7) is 5.99. The van der Waals surface area contributed by atoms with Gasteiger partial charge in [0.15, 0.2) is 0 Å². The van der Waals surface area contributed by atoms with Gasteiger partial charge in [-0.1, -0.05) is 41.9 Å². The number of aromatic nitrogens is 1. The topological polar surface area (TPSA) is 48.0 Å².